The summed E-state index contributed by atoms with van der Waals surface area (Å²) in [6.07, 6.45) is 3.98. The molecule has 1 amide bonds. The zero-order valence-electron chi connectivity index (χ0n) is 28.7. The van der Waals surface area contributed by atoms with Crippen LogP contribution in [0.25, 0.3) is 10.9 Å². The van der Waals surface area contributed by atoms with Crippen molar-refractivity contribution in [2.24, 2.45) is 5.92 Å². The molecule has 47 heavy (non-hydrogen) atoms. The second-order valence-electron chi connectivity index (χ2n) is 14.5. The number of rotatable bonds is 10. The first-order valence-electron chi connectivity index (χ1n) is 16.4. The lowest BCUT2D eigenvalue weighted by molar-refractivity contribution is -0.156. The SMILES string of the molecule is COC(=O)C(C)(C)Oc1cc(F)cc(Cc2c(C)n(CC3CCC3)c3cc(C(=O)N[C@@H](C)c4cc(F)cc(C(C)(C)C)c4)ccc23)c1. The second-order valence-corrected chi connectivity index (χ2v) is 14.5. The van der Waals surface area contributed by atoms with Crippen molar-refractivity contribution in [1.82, 2.24) is 9.88 Å². The summed E-state index contributed by atoms with van der Waals surface area (Å²) >= 11 is 0. The minimum Gasteiger partial charge on any atom is -0.476 e. The number of hydrogen-bond donors (Lipinski definition) is 1. The van der Waals surface area contributed by atoms with E-state index < -0.39 is 23.4 Å². The summed E-state index contributed by atoms with van der Waals surface area (Å²) in [6, 6.07) is 14.8. The molecule has 250 valence electrons. The summed E-state index contributed by atoms with van der Waals surface area (Å²) in [5, 5.41) is 4.06. The first-order chi connectivity index (χ1) is 22.0. The van der Waals surface area contributed by atoms with Gasteiger partial charge in [-0.3, -0.25) is 4.79 Å². The molecule has 1 atom stereocenters. The molecule has 0 spiro atoms. The van der Waals surface area contributed by atoms with E-state index in [1.807, 2.05) is 52.0 Å². The quantitative estimate of drug-likeness (QED) is 0.175. The highest BCUT2D eigenvalue weighted by molar-refractivity contribution is 5.99. The maximum Gasteiger partial charge on any atom is 0.349 e. The molecule has 3 aromatic carbocycles. The van der Waals surface area contributed by atoms with Gasteiger partial charge >= 0.3 is 5.97 Å². The fourth-order valence-corrected chi connectivity index (χ4v) is 6.31. The number of esters is 1. The number of aromatic nitrogens is 1. The largest absolute Gasteiger partial charge is 0.476 e. The van der Waals surface area contributed by atoms with Gasteiger partial charge in [0, 0.05) is 41.2 Å². The Morgan fingerprint density at radius 3 is 2.32 bits per heavy atom. The van der Waals surface area contributed by atoms with Crippen molar-refractivity contribution in [3.8, 4) is 5.75 Å². The van der Waals surface area contributed by atoms with Gasteiger partial charge in [-0.1, -0.05) is 39.3 Å². The summed E-state index contributed by atoms with van der Waals surface area (Å²) in [7, 11) is 1.29. The monoisotopic (exact) mass is 644 g/mol. The summed E-state index contributed by atoms with van der Waals surface area (Å²) in [5.41, 5.74) is 4.34. The minimum atomic E-state index is -1.29. The summed E-state index contributed by atoms with van der Waals surface area (Å²) < 4.78 is 42.4. The number of hydrogen-bond acceptors (Lipinski definition) is 4. The first kappa shape index (κ1) is 34.1. The van der Waals surface area contributed by atoms with Gasteiger partial charge in [-0.15, -0.1) is 0 Å². The van der Waals surface area contributed by atoms with Crippen LogP contribution < -0.4 is 10.1 Å². The highest BCUT2D eigenvalue weighted by Crippen LogP contribution is 2.35. The maximum absolute atomic E-state index is 14.8. The molecule has 0 unspecified atom stereocenters. The van der Waals surface area contributed by atoms with E-state index in [0.717, 1.165) is 47.1 Å². The van der Waals surface area contributed by atoms with Crippen molar-refractivity contribution in [3.63, 3.8) is 0 Å². The van der Waals surface area contributed by atoms with E-state index in [1.165, 1.54) is 31.7 Å². The average Bonchev–Trinajstić information content (AvgIpc) is 3.22. The molecule has 0 bridgehead atoms. The molecule has 1 fully saturated rings. The molecule has 0 aliphatic heterocycles. The average molecular weight is 645 g/mol. The van der Waals surface area contributed by atoms with E-state index in [0.29, 0.717) is 29.0 Å². The third kappa shape index (κ3) is 7.53. The Hall–Kier alpha value is -4.20. The number of nitrogens with zero attached hydrogens (tertiary/aromatic N) is 1. The van der Waals surface area contributed by atoms with Gasteiger partial charge in [0.2, 0.25) is 0 Å². The number of ether oxygens (including phenoxy) is 2. The lowest BCUT2D eigenvalue weighted by Gasteiger charge is -2.27. The number of amides is 1. The lowest BCUT2D eigenvalue weighted by atomic mass is 9.85. The van der Waals surface area contributed by atoms with Crippen LogP contribution in [0.4, 0.5) is 8.78 Å². The van der Waals surface area contributed by atoms with Crippen LogP contribution in [-0.2, 0) is 27.9 Å². The normalized spacial score (nSPS) is 14.5. The van der Waals surface area contributed by atoms with Crippen molar-refractivity contribution >= 4 is 22.8 Å². The fourth-order valence-electron chi connectivity index (χ4n) is 6.31. The van der Waals surface area contributed by atoms with E-state index >= 15 is 0 Å². The topological polar surface area (TPSA) is 69.6 Å². The highest BCUT2D eigenvalue weighted by atomic mass is 19.1. The molecular weight excluding hydrogens is 598 g/mol. The number of nitrogens with one attached hydrogen (secondary N) is 1. The fraction of sp³-hybridized carbons (Fsp3) is 0.436. The molecule has 6 nitrogen and oxygen atoms in total. The standard InChI is InChI=1S/C39H46F2N2O4/c1-23(28-17-29(38(3,4)5)20-31(41)18-28)42-36(44)27-12-13-33-34(24(2)43(35(33)19-27)22-25-10-9-11-25)16-26-14-30(40)21-32(15-26)47-39(6,7)37(45)46-8/h12-15,17-21,23,25H,9-11,16,22H2,1-8H3,(H,42,44)/t23-/m0/s1. The third-order valence-electron chi connectivity index (χ3n) is 9.38. The number of carbonyl (C=O) groups excluding carboxylic acids is 2. The van der Waals surface area contributed by atoms with E-state index in [-0.39, 0.29) is 22.9 Å². The van der Waals surface area contributed by atoms with Crippen LogP contribution in [0.3, 0.4) is 0 Å². The smallest absolute Gasteiger partial charge is 0.349 e. The van der Waals surface area contributed by atoms with Crippen LogP contribution in [0.15, 0.2) is 54.6 Å². The zero-order chi connectivity index (χ0) is 34.3. The Balaban J connectivity index is 1.46. The molecule has 5 rings (SSSR count). The van der Waals surface area contributed by atoms with Gasteiger partial charge in [-0.05, 0) is 111 Å². The van der Waals surface area contributed by atoms with E-state index in [9.17, 15) is 18.4 Å². The predicted molar refractivity (Wildman–Crippen MR) is 181 cm³/mol. The Morgan fingerprint density at radius 1 is 0.979 bits per heavy atom. The van der Waals surface area contributed by atoms with E-state index in [4.69, 9.17) is 9.47 Å². The Labute approximate surface area is 276 Å². The van der Waals surface area contributed by atoms with E-state index in [1.54, 1.807) is 26.0 Å². The number of fused-ring (bicyclic) bond motifs is 1. The van der Waals surface area contributed by atoms with Gasteiger partial charge in [0.25, 0.3) is 5.91 Å². The van der Waals surface area contributed by atoms with Crippen molar-refractivity contribution in [3.05, 3.63) is 99.7 Å². The zero-order valence-corrected chi connectivity index (χ0v) is 28.7. The Morgan fingerprint density at radius 2 is 1.68 bits per heavy atom. The van der Waals surface area contributed by atoms with Crippen LogP contribution in [-0.4, -0.2) is 29.2 Å². The molecule has 1 aromatic heterocycles. The van der Waals surface area contributed by atoms with Crippen LogP contribution in [0, 0.1) is 24.5 Å². The highest BCUT2D eigenvalue weighted by Gasteiger charge is 2.31. The van der Waals surface area contributed by atoms with Crippen LogP contribution in [0.1, 0.15) is 105 Å². The molecule has 1 saturated carbocycles. The molecule has 4 aromatic rings. The molecule has 1 aliphatic rings. The van der Waals surface area contributed by atoms with Gasteiger partial charge in [-0.2, -0.15) is 0 Å². The molecule has 0 radical (unpaired) electrons. The van der Waals surface area contributed by atoms with Gasteiger partial charge in [0.05, 0.1) is 13.2 Å². The van der Waals surface area contributed by atoms with Crippen LogP contribution >= 0.6 is 0 Å². The Bertz CT molecular complexity index is 1810. The Kier molecular flexibility index (Phi) is 9.54. The van der Waals surface area contributed by atoms with Crippen molar-refractivity contribution in [2.75, 3.05) is 7.11 Å². The van der Waals surface area contributed by atoms with Gasteiger partial charge in [-0.25, -0.2) is 13.6 Å². The molecule has 0 saturated heterocycles. The van der Waals surface area contributed by atoms with Gasteiger partial charge in [0.15, 0.2) is 5.60 Å². The summed E-state index contributed by atoms with van der Waals surface area (Å²) in [5.74, 6) is -0.776. The number of halogens is 2. The van der Waals surface area contributed by atoms with Crippen molar-refractivity contribution < 1.29 is 27.8 Å². The molecule has 1 N–H and O–H groups in total. The minimum absolute atomic E-state index is 0.229. The van der Waals surface area contributed by atoms with Crippen molar-refractivity contribution in [1.29, 1.82) is 0 Å². The molecule has 8 heteroatoms. The summed E-state index contributed by atoms with van der Waals surface area (Å²) in [4.78, 5) is 25.8. The first-order valence-corrected chi connectivity index (χ1v) is 16.4. The molecular formula is C39H46F2N2O4. The van der Waals surface area contributed by atoms with Gasteiger partial charge < -0.3 is 19.4 Å². The predicted octanol–water partition coefficient (Wildman–Crippen LogP) is 8.74. The van der Waals surface area contributed by atoms with Crippen molar-refractivity contribution in [2.45, 2.75) is 97.8 Å². The van der Waals surface area contributed by atoms with Crippen LogP contribution in [0.5, 0.6) is 5.75 Å². The summed E-state index contributed by atoms with van der Waals surface area (Å²) in [6.45, 7) is 14.0. The number of carbonyl (C=O) groups is 2. The second kappa shape index (κ2) is 13.1. The van der Waals surface area contributed by atoms with E-state index in [2.05, 4.69) is 16.8 Å². The lowest BCUT2D eigenvalue weighted by Crippen LogP contribution is -2.39. The third-order valence-corrected chi connectivity index (χ3v) is 9.38. The number of benzene rings is 3. The maximum atomic E-state index is 14.8. The van der Waals surface area contributed by atoms with Crippen LogP contribution in [0.2, 0.25) is 0 Å². The molecule has 1 heterocycles. The van der Waals surface area contributed by atoms with Gasteiger partial charge in [0.1, 0.15) is 17.4 Å². The molecule has 1 aliphatic carbocycles. The number of methoxy groups -OCH3 is 1.